The number of hydrogen-bond acceptors (Lipinski definition) is 3. The Kier molecular flexibility index (Phi) is 4.91. The highest BCUT2D eigenvalue weighted by molar-refractivity contribution is 7.92. The first-order valence-electron chi connectivity index (χ1n) is 5.65. The van der Waals surface area contributed by atoms with Gasteiger partial charge in [0, 0.05) is 19.3 Å². The normalized spacial score (nSPS) is 10.4. The third kappa shape index (κ3) is 3.59. The number of hydrogen-bond donors (Lipinski definition) is 1. The molecule has 0 aliphatic heterocycles. The highest BCUT2D eigenvalue weighted by Crippen LogP contribution is 2.13. The third-order valence-corrected chi connectivity index (χ3v) is 3.38. The van der Waals surface area contributed by atoms with Gasteiger partial charge in [0.1, 0.15) is 0 Å². The summed E-state index contributed by atoms with van der Waals surface area (Å²) in [6.07, 6.45) is 1.67. The van der Waals surface area contributed by atoms with E-state index in [1.807, 2.05) is 13.8 Å². The predicted molar refractivity (Wildman–Crippen MR) is 71.8 cm³/mol. The van der Waals surface area contributed by atoms with Gasteiger partial charge in [-0.25, -0.2) is 8.42 Å². The zero-order valence-electron chi connectivity index (χ0n) is 10.7. The van der Waals surface area contributed by atoms with Crippen LogP contribution in [0.4, 0.5) is 5.82 Å². The van der Waals surface area contributed by atoms with Crippen molar-refractivity contribution in [1.29, 1.82) is 0 Å². The van der Waals surface area contributed by atoms with Crippen LogP contribution < -0.4 is 4.72 Å². The van der Waals surface area contributed by atoms with E-state index in [9.17, 15) is 8.42 Å². The van der Waals surface area contributed by atoms with Crippen molar-refractivity contribution < 1.29 is 8.42 Å². The van der Waals surface area contributed by atoms with Crippen LogP contribution in [0, 0.1) is 0 Å². The first-order chi connectivity index (χ1) is 8.58. The molecule has 98 valence electrons. The second-order valence-electron chi connectivity index (χ2n) is 3.29. The van der Waals surface area contributed by atoms with Crippen LogP contribution in [0.3, 0.4) is 0 Å². The van der Waals surface area contributed by atoms with E-state index in [4.69, 9.17) is 0 Å². The minimum Gasteiger partial charge on any atom is -0.274 e. The average Bonchev–Trinajstić information content (AvgIpc) is 2.78. The Bertz CT molecular complexity index is 576. The molecule has 0 unspecified atom stereocenters. The topological polar surface area (TPSA) is 64.0 Å². The Morgan fingerprint density at radius 3 is 2.22 bits per heavy atom. The Balaban J connectivity index is 0.000000771. The van der Waals surface area contributed by atoms with Crippen molar-refractivity contribution in [1.82, 2.24) is 9.78 Å². The maximum atomic E-state index is 11.9. The minimum atomic E-state index is -3.53. The SMILES string of the molecule is CC.Cn1ccc(NS(=O)(=O)c2ccccc2)n1. The van der Waals surface area contributed by atoms with Gasteiger partial charge in [0.05, 0.1) is 4.90 Å². The van der Waals surface area contributed by atoms with Gasteiger partial charge in [-0.1, -0.05) is 32.0 Å². The van der Waals surface area contributed by atoms with Gasteiger partial charge in [-0.15, -0.1) is 0 Å². The molecule has 0 bridgehead atoms. The number of anilines is 1. The van der Waals surface area contributed by atoms with Gasteiger partial charge >= 0.3 is 0 Å². The highest BCUT2D eigenvalue weighted by atomic mass is 32.2. The molecule has 1 N–H and O–H groups in total. The smallest absolute Gasteiger partial charge is 0.263 e. The molecular weight excluding hydrogens is 250 g/mol. The lowest BCUT2D eigenvalue weighted by Crippen LogP contribution is -2.13. The number of aryl methyl sites for hydroxylation is 1. The molecule has 6 heteroatoms. The van der Waals surface area contributed by atoms with E-state index >= 15 is 0 Å². The largest absolute Gasteiger partial charge is 0.274 e. The van der Waals surface area contributed by atoms with Crippen molar-refractivity contribution in [3.05, 3.63) is 42.6 Å². The molecule has 0 saturated heterocycles. The van der Waals surface area contributed by atoms with Gasteiger partial charge in [-0.05, 0) is 12.1 Å². The lowest BCUT2D eigenvalue weighted by molar-refractivity contribution is 0.601. The Labute approximate surface area is 108 Å². The molecule has 0 amide bonds. The molecule has 5 nitrogen and oxygen atoms in total. The molecule has 2 rings (SSSR count). The van der Waals surface area contributed by atoms with Crippen molar-refractivity contribution in [3.63, 3.8) is 0 Å². The summed E-state index contributed by atoms with van der Waals surface area (Å²) < 4.78 is 27.6. The van der Waals surface area contributed by atoms with Crippen molar-refractivity contribution in [3.8, 4) is 0 Å². The van der Waals surface area contributed by atoms with Crippen LogP contribution in [0.15, 0.2) is 47.5 Å². The van der Waals surface area contributed by atoms with Gasteiger partial charge in [-0.3, -0.25) is 9.40 Å². The van der Waals surface area contributed by atoms with E-state index in [-0.39, 0.29) is 4.90 Å². The summed E-state index contributed by atoms with van der Waals surface area (Å²) in [5, 5.41) is 3.95. The van der Waals surface area contributed by atoms with Gasteiger partial charge in [-0.2, -0.15) is 5.10 Å². The van der Waals surface area contributed by atoms with E-state index in [0.29, 0.717) is 5.82 Å². The standard InChI is InChI=1S/C10H11N3O2S.C2H6/c1-13-8-7-10(11-13)12-16(14,15)9-5-3-2-4-6-9;1-2/h2-8H,1H3,(H,11,12);1-2H3. The fourth-order valence-electron chi connectivity index (χ4n) is 1.27. The van der Waals surface area contributed by atoms with E-state index in [2.05, 4.69) is 9.82 Å². The lowest BCUT2D eigenvalue weighted by atomic mass is 10.4. The fraction of sp³-hybridized carbons (Fsp3) is 0.250. The van der Waals surface area contributed by atoms with Crippen molar-refractivity contribution in [2.24, 2.45) is 7.05 Å². The summed E-state index contributed by atoms with van der Waals surface area (Å²) in [6, 6.07) is 9.77. The molecule has 1 heterocycles. The van der Waals surface area contributed by atoms with Gasteiger partial charge in [0.15, 0.2) is 5.82 Å². The zero-order chi connectivity index (χ0) is 13.6. The van der Waals surface area contributed by atoms with E-state index in [1.165, 1.54) is 16.8 Å². The maximum Gasteiger partial charge on any atom is 0.263 e. The second kappa shape index (κ2) is 6.20. The molecule has 2 aromatic rings. The van der Waals surface area contributed by atoms with Crippen LogP contribution in [0.2, 0.25) is 0 Å². The number of nitrogens with one attached hydrogen (secondary N) is 1. The molecule has 0 atom stereocenters. The molecule has 0 spiro atoms. The molecule has 0 aliphatic rings. The van der Waals surface area contributed by atoms with Gasteiger partial charge < -0.3 is 0 Å². The first-order valence-corrected chi connectivity index (χ1v) is 7.14. The minimum absolute atomic E-state index is 0.223. The molecule has 0 fully saturated rings. The number of benzene rings is 1. The van der Waals surface area contributed by atoms with E-state index < -0.39 is 10.0 Å². The Morgan fingerprint density at radius 2 is 1.72 bits per heavy atom. The van der Waals surface area contributed by atoms with Crippen molar-refractivity contribution >= 4 is 15.8 Å². The van der Waals surface area contributed by atoms with Crippen LogP contribution in [-0.2, 0) is 17.1 Å². The van der Waals surface area contributed by atoms with E-state index in [0.717, 1.165) is 0 Å². The van der Waals surface area contributed by atoms with Crippen molar-refractivity contribution in [2.45, 2.75) is 18.7 Å². The first kappa shape index (κ1) is 14.2. The van der Waals surface area contributed by atoms with Crippen molar-refractivity contribution in [2.75, 3.05) is 4.72 Å². The molecule has 1 aromatic heterocycles. The van der Waals surface area contributed by atoms with Gasteiger partial charge in [0.2, 0.25) is 0 Å². The van der Waals surface area contributed by atoms with Crippen LogP contribution in [0.25, 0.3) is 0 Å². The molecule has 18 heavy (non-hydrogen) atoms. The highest BCUT2D eigenvalue weighted by Gasteiger charge is 2.14. The lowest BCUT2D eigenvalue weighted by Gasteiger charge is -2.04. The maximum absolute atomic E-state index is 11.9. The average molecular weight is 267 g/mol. The quantitative estimate of drug-likeness (QED) is 0.927. The fourth-order valence-corrected chi connectivity index (χ4v) is 2.28. The van der Waals surface area contributed by atoms with Gasteiger partial charge in [0.25, 0.3) is 10.0 Å². The second-order valence-corrected chi connectivity index (χ2v) is 4.98. The van der Waals surface area contributed by atoms with Crippen LogP contribution in [-0.4, -0.2) is 18.2 Å². The Hall–Kier alpha value is -1.82. The Morgan fingerprint density at radius 1 is 1.11 bits per heavy atom. The number of nitrogens with zero attached hydrogens (tertiary/aromatic N) is 2. The summed E-state index contributed by atoms with van der Waals surface area (Å²) in [5.74, 6) is 0.311. The summed E-state index contributed by atoms with van der Waals surface area (Å²) >= 11 is 0. The summed E-state index contributed by atoms with van der Waals surface area (Å²) in [4.78, 5) is 0.223. The predicted octanol–water partition coefficient (Wildman–Crippen LogP) is 2.25. The molecular formula is C12H17N3O2S. The molecule has 1 aromatic carbocycles. The monoisotopic (exact) mass is 267 g/mol. The van der Waals surface area contributed by atoms with E-state index in [1.54, 1.807) is 37.5 Å². The van der Waals surface area contributed by atoms with Crippen LogP contribution in [0.5, 0.6) is 0 Å². The summed E-state index contributed by atoms with van der Waals surface area (Å²) in [7, 11) is -1.80. The summed E-state index contributed by atoms with van der Waals surface area (Å²) in [6.45, 7) is 4.00. The summed E-state index contributed by atoms with van der Waals surface area (Å²) in [5.41, 5.74) is 0. The molecule has 0 aliphatic carbocycles. The molecule has 0 saturated carbocycles. The van der Waals surface area contributed by atoms with Crippen LogP contribution >= 0.6 is 0 Å². The zero-order valence-corrected chi connectivity index (χ0v) is 11.5. The van der Waals surface area contributed by atoms with Crippen LogP contribution in [0.1, 0.15) is 13.8 Å². The third-order valence-electron chi connectivity index (χ3n) is 2.01. The number of rotatable bonds is 3. The number of sulfonamides is 1. The molecule has 0 radical (unpaired) electrons. The number of aromatic nitrogens is 2.